The second-order valence-corrected chi connectivity index (χ2v) is 9.08. The summed E-state index contributed by atoms with van der Waals surface area (Å²) in [6.45, 7) is 7.49. The third-order valence-electron chi connectivity index (χ3n) is 6.92. The van der Waals surface area contributed by atoms with E-state index in [-0.39, 0.29) is 11.7 Å². The van der Waals surface area contributed by atoms with Gasteiger partial charge in [-0.2, -0.15) is 4.98 Å². The van der Waals surface area contributed by atoms with Crippen molar-refractivity contribution in [1.29, 1.82) is 0 Å². The third-order valence-corrected chi connectivity index (χ3v) is 6.92. The highest BCUT2D eigenvalue weighted by Gasteiger charge is 2.29. The molecule has 2 aliphatic rings. The summed E-state index contributed by atoms with van der Waals surface area (Å²) in [6, 6.07) is 16.2. The van der Waals surface area contributed by atoms with E-state index in [0.717, 1.165) is 55.7 Å². The Morgan fingerprint density at radius 1 is 0.943 bits per heavy atom. The molecule has 0 N–H and O–H groups in total. The van der Waals surface area contributed by atoms with Gasteiger partial charge in [-0.05, 0) is 43.3 Å². The van der Waals surface area contributed by atoms with Gasteiger partial charge in [-0.1, -0.05) is 18.2 Å². The molecule has 5 rings (SSSR count). The van der Waals surface area contributed by atoms with Crippen molar-refractivity contribution < 1.29 is 9.18 Å². The molecule has 0 unspecified atom stereocenters. The fraction of sp³-hybridized carbons (Fsp3) is 0.370. The Hall–Kier alpha value is -3.68. The molecule has 0 radical (unpaired) electrons. The highest BCUT2D eigenvalue weighted by Crippen LogP contribution is 2.30. The number of amides is 1. The van der Waals surface area contributed by atoms with Crippen LogP contribution in [0, 0.1) is 5.82 Å². The van der Waals surface area contributed by atoms with E-state index in [9.17, 15) is 9.18 Å². The molecule has 7 nitrogen and oxygen atoms in total. The van der Waals surface area contributed by atoms with Crippen LogP contribution in [0.25, 0.3) is 0 Å². The molecule has 0 aliphatic carbocycles. The lowest BCUT2D eigenvalue weighted by atomic mass is 10.0. The summed E-state index contributed by atoms with van der Waals surface area (Å²) in [7, 11) is 2.03. The summed E-state index contributed by atoms with van der Waals surface area (Å²) in [5.41, 5.74) is 3.76. The quantitative estimate of drug-likeness (QED) is 0.563. The molecule has 1 aromatic heterocycles. The van der Waals surface area contributed by atoms with Gasteiger partial charge in [0.15, 0.2) is 0 Å². The maximum absolute atomic E-state index is 13.3. The molecule has 2 aliphatic heterocycles. The van der Waals surface area contributed by atoms with E-state index in [2.05, 4.69) is 45.9 Å². The van der Waals surface area contributed by atoms with Crippen LogP contribution in [0.4, 0.5) is 21.8 Å². The van der Waals surface area contributed by atoms with Gasteiger partial charge in [0.1, 0.15) is 11.6 Å². The van der Waals surface area contributed by atoms with Crippen molar-refractivity contribution in [3.05, 3.63) is 77.2 Å². The normalized spacial score (nSPS) is 15.7. The first-order valence-electron chi connectivity index (χ1n) is 12.2. The smallest absolute Gasteiger partial charge is 0.254 e. The van der Waals surface area contributed by atoms with E-state index in [0.29, 0.717) is 25.1 Å². The Morgan fingerprint density at radius 3 is 2.31 bits per heavy atom. The third kappa shape index (κ3) is 4.78. The predicted octanol–water partition coefficient (Wildman–Crippen LogP) is 3.60. The van der Waals surface area contributed by atoms with Crippen molar-refractivity contribution in [3.63, 3.8) is 0 Å². The van der Waals surface area contributed by atoms with Gasteiger partial charge in [0.2, 0.25) is 5.95 Å². The minimum Gasteiger partial charge on any atom is -0.368 e. The second kappa shape index (κ2) is 9.90. The topological polar surface area (TPSA) is 55.8 Å². The number of hydrogen-bond donors (Lipinski definition) is 0. The van der Waals surface area contributed by atoms with Gasteiger partial charge in [0.05, 0.1) is 12.2 Å². The number of nitrogens with zero attached hydrogens (tertiary/aromatic N) is 6. The minimum atomic E-state index is -0.345. The molecular formula is C27H31FN6O. The molecule has 0 saturated carbocycles. The van der Waals surface area contributed by atoms with E-state index >= 15 is 0 Å². The zero-order valence-corrected chi connectivity index (χ0v) is 20.3. The van der Waals surface area contributed by atoms with Gasteiger partial charge in [-0.15, -0.1) is 0 Å². The maximum atomic E-state index is 13.3. The van der Waals surface area contributed by atoms with Crippen LogP contribution in [0.15, 0.2) is 54.6 Å². The van der Waals surface area contributed by atoms with Gasteiger partial charge in [-0.3, -0.25) is 4.79 Å². The summed E-state index contributed by atoms with van der Waals surface area (Å²) in [6.07, 6.45) is 0.673. The minimum absolute atomic E-state index is 0.0955. The zero-order chi connectivity index (χ0) is 24.4. The SMILES string of the molecule is CCN(C)c1nc(N2CCN(c3ccccc3)CC2)nc2c1CN(C(=O)c1ccc(F)cc1)CC2. The van der Waals surface area contributed by atoms with Gasteiger partial charge in [0.25, 0.3) is 5.91 Å². The summed E-state index contributed by atoms with van der Waals surface area (Å²) >= 11 is 0. The molecular weight excluding hydrogens is 443 g/mol. The van der Waals surface area contributed by atoms with Crippen LogP contribution in [-0.4, -0.2) is 67.1 Å². The van der Waals surface area contributed by atoms with E-state index < -0.39 is 0 Å². The van der Waals surface area contributed by atoms with Crippen molar-refractivity contribution in [2.45, 2.75) is 19.9 Å². The number of halogens is 1. The number of hydrogen-bond acceptors (Lipinski definition) is 6. The number of carbonyl (C=O) groups excluding carboxylic acids is 1. The number of carbonyl (C=O) groups is 1. The van der Waals surface area contributed by atoms with Crippen LogP contribution in [0.3, 0.4) is 0 Å². The zero-order valence-electron chi connectivity index (χ0n) is 20.3. The van der Waals surface area contributed by atoms with Crippen LogP contribution in [-0.2, 0) is 13.0 Å². The molecule has 1 fully saturated rings. The molecule has 0 spiro atoms. The highest BCUT2D eigenvalue weighted by molar-refractivity contribution is 5.94. The number of rotatable bonds is 5. The Labute approximate surface area is 205 Å². The molecule has 1 amide bonds. The molecule has 1 saturated heterocycles. The van der Waals surface area contributed by atoms with Crippen molar-refractivity contribution in [2.24, 2.45) is 0 Å². The summed E-state index contributed by atoms with van der Waals surface area (Å²) < 4.78 is 13.3. The first-order valence-corrected chi connectivity index (χ1v) is 12.2. The Morgan fingerprint density at radius 2 is 1.63 bits per heavy atom. The lowest BCUT2D eigenvalue weighted by Gasteiger charge is -2.37. The van der Waals surface area contributed by atoms with Crippen molar-refractivity contribution in [2.75, 3.05) is 61.0 Å². The predicted molar refractivity (Wildman–Crippen MR) is 137 cm³/mol. The maximum Gasteiger partial charge on any atom is 0.254 e. The molecule has 8 heteroatoms. The Kier molecular flexibility index (Phi) is 6.53. The highest BCUT2D eigenvalue weighted by atomic mass is 19.1. The first-order chi connectivity index (χ1) is 17.0. The number of piperazine rings is 1. The summed E-state index contributed by atoms with van der Waals surface area (Å²) in [5.74, 6) is 1.21. The number of para-hydroxylation sites is 1. The second-order valence-electron chi connectivity index (χ2n) is 9.08. The average molecular weight is 475 g/mol. The van der Waals surface area contributed by atoms with E-state index in [4.69, 9.17) is 9.97 Å². The van der Waals surface area contributed by atoms with Crippen LogP contribution in [0.1, 0.15) is 28.5 Å². The van der Waals surface area contributed by atoms with Gasteiger partial charge < -0.3 is 19.6 Å². The van der Waals surface area contributed by atoms with Gasteiger partial charge in [0, 0.05) is 69.6 Å². The largest absolute Gasteiger partial charge is 0.368 e. The Balaban J connectivity index is 1.36. The van der Waals surface area contributed by atoms with Crippen LogP contribution in [0.2, 0.25) is 0 Å². The van der Waals surface area contributed by atoms with E-state index in [1.807, 2.05) is 18.0 Å². The van der Waals surface area contributed by atoms with E-state index in [1.165, 1.54) is 17.8 Å². The van der Waals surface area contributed by atoms with Crippen LogP contribution in [0.5, 0.6) is 0 Å². The van der Waals surface area contributed by atoms with Crippen molar-refractivity contribution in [3.8, 4) is 0 Å². The average Bonchev–Trinajstić information content (AvgIpc) is 2.92. The number of aromatic nitrogens is 2. The van der Waals surface area contributed by atoms with Gasteiger partial charge >= 0.3 is 0 Å². The fourth-order valence-corrected chi connectivity index (χ4v) is 4.74. The van der Waals surface area contributed by atoms with Gasteiger partial charge in [-0.25, -0.2) is 9.37 Å². The first kappa shape index (κ1) is 23.1. The van der Waals surface area contributed by atoms with Crippen molar-refractivity contribution in [1.82, 2.24) is 14.9 Å². The molecule has 3 heterocycles. The fourth-order valence-electron chi connectivity index (χ4n) is 4.74. The number of benzene rings is 2. The van der Waals surface area contributed by atoms with E-state index in [1.54, 1.807) is 12.1 Å². The molecule has 0 bridgehead atoms. The monoisotopic (exact) mass is 474 g/mol. The van der Waals surface area contributed by atoms with Crippen LogP contribution < -0.4 is 14.7 Å². The standard InChI is InChI=1S/C27H31FN6O/c1-3-31(2)25-23-19-34(26(35)20-9-11-21(28)12-10-20)14-13-24(23)29-27(30-25)33-17-15-32(16-18-33)22-7-5-4-6-8-22/h4-12H,3,13-19H2,1-2H3. The molecule has 182 valence electrons. The lowest BCUT2D eigenvalue weighted by Crippen LogP contribution is -2.47. The summed E-state index contributed by atoms with van der Waals surface area (Å²) in [5, 5.41) is 0. The Bertz CT molecular complexity index is 1180. The van der Waals surface area contributed by atoms with Crippen LogP contribution >= 0.6 is 0 Å². The number of anilines is 3. The number of fused-ring (bicyclic) bond motifs is 1. The molecule has 35 heavy (non-hydrogen) atoms. The molecule has 3 aromatic rings. The molecule has 2 aromatic carbocycles. The van der Waals surface area contributed by atoms with Crippen molar-refractivity contribution >= 4 is 23.4 Å². The lowest BCUT2D eigenvalue weighted by molar-refractivity contribution is 0.0733. The molecule has 0 atom stereocenters. The summed E-state index contributed by atoms with van der Waals surface area (Å²) in [4.78, 5) is 31.6.